The Morgan fingerprint density at radius 2 is 2.10 bits per heavy atom. The molecule has 2 aromatic carbocycles. The molecule has 0 atom stereocenters. The Bertz CT molecular complexity index is 1180. The van der Waals surface area contributed by atoms with Crippen LogP contribution >= 0.6 is 0 Å². The van der Waals surface area contributed by atoms with Crippen molar-refractivity contribution in [2.45, 2.75) is 25.7 Å². The summed E-state index contributed by atoms with van der Waals surface area (Å²) >= 11 is 0. The van der Waals surface area contributed by atoms with Crippen molar-refractivity contribution >= 4 is 22.8 Å². The van der Waals surface area contributed by atoms with Crippen LogP contribution in [-0.4, -0.2) is 36.2 Å². The van der Waals surface area contributed by atoms with Gasteiger partial charge in [0.2, 0.25) is 5.78 Å². The van der Waals surface area contributed by atoms with E-state index in [1.54, 1.807) is 6.08 Å². The van der Waals surface area contributed by atoms with Gasteiger partial charge >= 0.3 is 0 Å². The number of aromatic nitrogens is 2. The summed E-state index contributed by atoms with van der Waals surface area (Å²) in [5, 5.41) is 11.5. The van der Waals surface area contributed by atoms with E-state index in [0.717, 1.165) is 43.3 Å². The summed E-state index contributed by atoms with van der Waals surface area (Å²) in [6, 6.07) is 8.87. The number of carbonyl (C=O) groups is 1. The highest BCUT2D eigenvalue weighted by atomic mass is 19.1. The molecular weight excluding hydrogens is 397 g/mol. The number of nitrogens with one attached hydrogen (secondary N) is 2. The summed E-state index contributed by atoms with van der Waals surface area (Å²) in [4.78, 5) is 13.0. The number of allylic oxidation sites excluding steroid dienone is 1. The highest BCUT2D eigenvalue weighted by Crippen LogP contribution is 2.43. The lowest BCUT2D eigenvalue weighted by Gasteiger charge is -2.23. The van der Waals surface area contributed by atoms with E-state index in [2.05, 4.69) is 15.5 Å². The number of piperidine rings is 1. The third-order valence-corrected chi connectivity index (χ3v) is 6.19. The zero-order chi connectivity index (χ0) is 21.4. The number of carbonyl (C=O) groups excluding carboxylic acids is 1. The molecule has 31 heavy (non-hydrogen) atoms. The fourth-order valence-electron chi connectivity index (χ4n) is 4.52. The predicted octanol–water partition coefficient (Wildman–Crippen LogP) is 4.26. The van der Waals surface area contributed by atoms with Crippen LogP contribution in [0.15, 0.2) is 36.1 Å². The van der Waals surface area contributed by atoms with Crippen LogP contribution in [0.3, 0.4) is 0 Å². The topological polar surface area (TPSA) is 76.2 Å². The number of nitrogens with zero attached hydrogens (tertiary/aromatic N) is 1. The molecule has 2 aliphatic rings. The number of H-pyrrole nitrogens is 1. The molecule has 0 spiro atoms. The highest BCUT2D eigenvalue weighted by molar-refractivity contribution is 6.15. The predicted molar refractivity (Wildman–Crippen MR) is 116 cm³/mol. The molecule has 3 heterocycles. The zero-order valence-corrected chi connectivity index (χ0v) is 17.3. The van der Waals surface area contributed by atoms with Crippen LogP contribution in [0.5, 0.6) is 11.5 Å². The normalized spacial score (nSPS) is 17.9. The molecule has 1 fully saturated rings. The molecule has 0 amide bonds. The van der Waals surface area contributed by atoms with Gasteiger partial charge in [0, 0.05) is 17.0 Å². The van der Waals surface area contributed by atoms with Crippen molar-refractivity contribution in [3.63, 3.8) is 0 Å². The molecule has 0 radical (unpaired) electrons. The van der Waals surface area contributed by atoms with E-state index in [1.807, 2.05) is 24.3 Å². The molecule has 0 saturated carbocycles. The summed E-state index contributed by atoms with van der Waals surface area (Å²) in [5.41, 5.74) is 2.34. The molecule has 2 N–H and O–H groups in total. The SMILES string of the molecule is COc1c(F)cc2c(c1CCC1CCNCC1)OC(=Cc1n[nH]c3ccccc13)C2=O. The number of ketones is 1. The van der Waals surface area contributed by atoms with Gasteiger partial charge in [-0.3, -0.25) is 9.89 Å². The van der Waals surface area contributed by atoms with Crippen molar-refractivity contribution in [1.29, 1.82) is 0 Å². The van der Waals surface area contributed by atoms with Gasteiger partial charge in [-0.05, 0) is 56.8 Å². The van der Waals surface area contributed by atoms with Crippen LogP contribution in [0.1, 0.15) is 40.9 Å². The van der Waals surface area contributed by atoms with E-state index >= 15 is 0 Å². The van der Waals surface area contributed by atoms with Crippen molar-refractivity contribution in [1.82, 2.24) is 15.5 Å². The molecule has 160 valence electrons. The second-order valence-corrected chi connectivity index (χ2v) is 8.07. The number of rotatable bonds is 5. The summed E-state index contributed by atoms with van der Waals surface area (Å²) in [7, 11) is 1.45. The number of halogens is 1. The molecule has 0 unspecified atom stereocenters. The second-order valence-electron chi connectivity index (χ2n) is 8.07. The second kappa shape index (κ2) is 8.15. The molecule has 2 aliphatic heterocycles. The first-order chi connectivity index (χ1) is 15.2. The van der Waals surface area contributed by atoms with Crippen molar-refractivity contribution < 1.29 is 18.7 Å². The number of methoxy groups -OCH3 is 1. The lowest BCUT2D eigenvalue weighted by molar-refractivity contribution is 0.101. The number of Topliss-reactive ketones (excluding diaryl/α,β-unsaturated/α-hetero) is 1. The minimum atomic E-state index is -0.537. The molecule has 6 nitrogen and oxygen atoms in total. The van der Waals surface area contributed by atoms with Crippen LogP contribution in [0, 0.1) is 11.7 Å². The Balaban J connectivity index is 1.49. The molecule has 1 saturated heterocycles. The van der Waals surface area contributed by atoms with Gasteiger partial charge in [-0.15, -0.1) is 0 Å². The lowest BCUT2D eigenvalue weighted by Crippen LogP contribution is -2.27. The molecule has 0 bridgehead atoms. The van der Waals surface area contributed by atoms with Crippen LogP contribution in [0.25, 0.3) is 17.0 Å². The lowest BCUT2D eigenvalue weighted by atomic mass is 9.90. The minimum Gasteiger partial charge on any atom is -0.493 e. The molecule has 5 rings (SSSR count). The molecule has 3 aromatic rings. The molecular formula is C24H24FN3O3. The van der Waals surface area contributed by atoms with Crippen molar-refractivity contribution in [3.8, 4) is 11.5 Å². The van der Waals surface area contributed by atoms with E-state index in [1.165, 1.54) is 13.2 Å². The van der Waals surface area contributed by atoms with Crippen molar-refractivity contribution in [3.05, 3.63) is 58.7 Å². The fourth-order valence-corrected chi connectivity index (χ4v) is 4.52. The first-order valence-electron chi connectivity index (χ1n) is 10.6. The number of para-hydroxylation sites is 1. The van der Waals surface area contributed by atoms with Gasteiger partial charge in [-0.25, -0.2) is 4.39 Å². The van der Waals surface area contributed by atoms with Gasteiger partial charge in [0.25, 0.3) is 0 Å². The number of benzene rings is 2. The average molecular weight is 421 g/mol. The molecule has 1 aromatic heterocycles. The van der Waals surface area contributed by atoms with Gasteiger partial charge < -0.3 is 14.8 Å². The number of ether oxygens (including phenoxy) is 2. The fraction of sp³-hybridized carbons (Fsp3) is 0.333. The minimum absolute atomic E-state index is 0.142. The monoisotopic (exact) mass is 421 g/mol. The summed E-state index contributed by atoms with van der Waals surface area (Å²) in [5.74, 6) is 0.391. The maximum Gasteiger partial charge on any atom is 0.232 e. The smallest absolute Gasteiger partial charge is 0.232 e. The summed E-state index contributed by atoms with van der Waals surface area (Å²) in [6.45, 7) is 2.01. The number of aromatic amines is 1. The van der Waals surface area contributed by atoms with Gasteiger partial charge in [-0.2, -0.15) is 5.10 Å². The van der Waals surface area contributed by atoms with Crippen LogP contribution < -0.4 is 14.8 Å². The maximum atomic E-state index is 14.8. The van der Waals surface area contributed by atoms with Gasteiger partial charge in [0.05, 0.1) is 23.9 Å². The van der Waals surface area contributed by atoms with Crippen LogP contribution in [-0.2, 0) is 6.42 Å². The van der Waals surface area contributed by atoms with Crippen molar-refractivity contribution in [2.24, 2.45) is 5.92 Å². The third-order valence-electron chi connectivity index (χ3n) is 6.19. The van der Waals surface area contributed by atoms with Gasteiger partial charge in [0.15, 0.2) is 17.3 Å². The average Bonchev–Trinajstić information content (AvgIpc) is 3.34. The number of hydrogen-bond acceptors (Lipinski definition) is 5. The van der Waals surface area contributed by atoms with Gasteiger partial charge in [0.1, 0.15) is 5.75 Å². The quantitative estimate of drug-likeness (QED) is 0.602. The van der Waals surface area contributed by atoms with E-state index in [-0.39, 0.29) is 22.9 Å². The Morgan fingerprint density at radius 3 is 2.90 bits per heavy atom. The third kappa shape index (κ3) is 3.59. The van der Waals surface area contributed by atoms with Crippen LogP contribution in [0.4, 0.5) is 4.39 Å². The van der Waals surface area contributed by atoms with Crippen molar-refractivity contribution in [2.75, 3.05) is 20.2 Å². The first kappa shape index (κ1) is 19.8. The summed E-state index contributed by atoms with van der Waals surface area (Å²) < 4.78 is 26.1. The first-order valence-corrected chi connectivity index (χ1v) is 10.6. The molecule has 7 heteroatoms. The Kier molecular flexibility index (Phi) is 5.19. The van der Waals surface area contributed by atoms with E-state index in [9.17, 15) is 9.18 Å². The van der Waals surface area contributed by atoms with E-state index in [4.69, 9.17) is 9.47 Å². The van der Waals surface area contributed by atoms with E-state index < -0.39 is 5.82 Å². The highest BCUT2D eigenvalue weighted by Gasteiger charge is 2.34. The largest absolute Gasteiger partial charge is 0.493 e. The Morgan fingerprint density at radius 1 is 1.29 bits per heavy atom. The Hall–Kier alpha value is -3.19. The van der Waals surface area contributed by atoms with E-state index in [0.29, 0.717) is 29.3 Å². The standard InChI is InChI=1S/C24H24FN3O3/c1-30-24-16(7-6-14-8-10-26-11-9-14)23-17(12-18(24)25)22(29)21(31-23)13-20-15-4-2-3-5-19(15)27-28-20/h2-5,12-14,26H,6-11H2,1H3,(H,27,28). The van der Waals surface area contributed by atoms with Crippen LogP contribution in [0.2, 0.25) is 0 Å². The zero-order valence-electron chi connectivity index (χ0n) is 17.3. The maximum absolute atomic E-state index is 14.8. The summed E-state index contributed by atoms with van der Waals surface area (Å²) in [6.07, 6.45) is 5.30. The van der Waals surface area contributed by atoms with Gasteiger partial charge in [-0.1, -0.05) is 18.2 Å². The Labute approximate surface area is 179 Å². The number of fused-ring (bicyclic) bond motifs is 2. The molecule has 0 aliphatic carbocycles. The number of hydrogen-bond donors (Lipinski definition) is 2.